The summed E-state index contributed by atoms with van der Waals surface area (Å²) < 4.78 is 18.3. The molecule has 0 saturated carbocycles. The molecule has 0 aliphatic carbocycles. The van der Waals surface area contributed by atoms with Crippen molar-refractivity contribution < 1.29 is 19.0 Å². The number of esters is 1. The molecule has 0 fully saturated rings. The highest BCUT2D eigenvalue weighted by molar-refractivity contribution is 7.22. The van der Waals surface area contributed by atoms with Crippen LogP contribution in [-0.4, -0.2) is 35.9 Å². The quantitative estimate of drug-likeness (QED) is 0.346. The molecule has 2 aromatic carbocycles. The number of rotatable bonds is 8. The van der Waals surface area contributed by atoms with Crippen LogP contribution in [0.2, 0.25) is 0 Å². The van der Waals surface area contributed by atoms with Crippen molar-refractivity contribution in [2.24, 2.45) is 0 Å². The lowest BCUT2D eigenvalue weighted by atomic mass is 10.1. The predicted molar refractivity (Wildman–Crippen MR) is 136 cm³/mol. The Bertz CT molecular complexity index is 1510. The van der Waals surface area contributed by atoms with Crippen molar-refractivity contribution in [1.82, 2.24) is 9.13 Å². The van der Waals surface area contributed by atoms with Gasteiger partial charge in [-0.25, -0.2) is 9.36 Å². The van der Waals surface area contributed by atoms with Gasteiger partial charge in [0.15, 0.2) is 0 Å². The van der Waals surface area contributed by atoms with Gasteiger partial charge in [-0.05, 0) is 43.2 Å². The Hall–Kier alpha value is -3.85. The van der Waals surface area contributed by atoms with Crippen molar-refractivity contribution in [3.63, 3.8) is 0 Å². The van der Waals surface area contributed by atoms with Crippen LogP contribution in [0, 0.1) is 6.92 Å². The summed E-state index contributed by atoms with van der Waals surface area (Å²) in [6.45, 7) is 3.38. The molecule has 182 valence electrons. The number of para-hydroxylation sites is 1. The van der Waals surface area contributed by atoms with Crippen molar-refractivity contribution in [3.8, 4) is 21.9 Å². The molecule has 0 aliphatic rings. The summed E-state index contributed by atoms with van der Waals surface area (Å²) in [5, 5.41) is 0.395. The summed E-state index contributed by atoms with van der Waals surface area (Å²) in [6.07, 6.45) is 0. The van der Waals surface area contributed by atoms with E-state index in [9.17, 15) is 14.4 Å². The summed E-state index contributed by atoms with van der Waals surface area (Å²) in [7, 11) is 3.16. The Morgan fingerprint density at radius 1 is 1.00 bits per heavy atom. The number of methoxy groups -OCH3 is 2. The van der Waals surface area contributed by atoms with Gasteiger partial charge in [0.05, 0.1) is 32.8 Å². The maximum absolute atomic E-state index is 13.6. The zero-order chi connectivity index (χ0) is 25.1. The number of nitrogens with zero attached hydrogens (tertiary/aromatic N) is 2. The first-order chi connectivity index (χ1) is 16.9. The highest BCUT2D eigenvalue weighted by Crippen LogP contribution is 2.37. The van der Waals surface area contributed by atoms with E-state index in [1.165, 1.54) is 15.9 Å². The minimum Gasteiger partial charge on any atom is -0.497 e. The fraction of sp³-hybridized carbons (Fsp3) is 0.269. The number of hydrogen-bond donors (Lipinski definition) is 0. The van der Waals surface area contributed by atoms with E-state index in [1.54, 1.807) is 21.1 Å². The lowest BCUT2D eigenvalue weighted by Crippen LogP contribution is -2.42. The summed E-state index contributed by atoms with van der Waals surface area (Å²) >= 11 is 1.36. The average Bonchev–Trinajstić information content (AvgIpc) is 3.21. The molecule has 9 heteroatoms. The molecule has 0 bridgehead atoms. The van der Waals surface area contributed by atoms with Crippen LogP contribution in [0.3, 0.4) is 0 Å². The van der Waals surface area contributed by atoms with Crippen LogP contribution >= 0.6 is 11.3 Å². The molecule has 0 unspecified atom stereocenters. The number of benzene rings is 2. The third-order valence-electron chi connectivity index (χ3n) is 5.74. The van der Waals surface area contributed by atoms with Crippen molar-refractivity contribution in [2.45, 2.75) is 26.9 Å². The molecule has 0 radical (unpaired) electrons. The van der Waals surface area contributed by atoms with Crippen molar-refractivity contribution in [3.05, 3.63) is 80.5 Å². The maximum atomic E-state index is 13.6. The van der Waals surface area contributed by atoms with Gasteiger partial charge in [0.25, 0.3) is 5.56 Å². The van der Waals surface area contributed by atoms with Crippen LogP contribution in [0.5, 0.6) is 11.5 Å². The number of thiophene rings is 1. The minimum absolute atomic E-state index is 0.155. The number of carbonyl (C=O) groups is 1. The lowest BCUT2D eigenvalue weighted by Gasteiger charge is -2.14. The Morgan fingerprint density at radius 2 is 1.77 bits per heavy atom. The van der Waals surface area contributed by atoms with Crippen molar-refractivity contribution in [1.29, 1.82) is 0 Å². The molecule has 2 aromatic heterocycles. The second-order valence-corrected chi connectivity index (χ2v) is 8.84. The second kappa shape index (κ2) is 10.2. The molecule has 0 aliphatic heterocycles. The first-order valence-electron chi connectivity index (χ1n) is 11.1. The van der Waals surface area contributed by atoms with Crippen LogP contribution in [0.1, 0.15) is 18.1 Å². The van der Waals surface area contributed by atoms with Crippen molar-refractivity contribution in [2.75, 3.05) is 20.8 Å². The van der Waals surface area contributed by atoms with Crippen molar-refractivity contribution >= 4 is 27.5 Å². The van der Waals surface area contributed by atoms with Crippen LogP contribution in [0.25, 0.3) is 20.7 Å². The zero-order valence-electron chi connectivity index (χ0n) is 20.0. The van der Waals surface area contributed by atoms with E-state index in [1.807, 2.05) is 55.5 Å². The van der Waals surface area contributed by atoms with E-state index < -0.39 is 23.8 Å². The summed E-state index contributed by atoms with van der Waals surface area (Å²) in [4.78, 5) is 40.7. The highest BCUT2D eigenvalue weighted by atomic mass is 32.1. The van der Waals surface area contributed by atoms with E-state index in [2.05, 4.69) is 0 Å². The monoisotopic (exact) mass is 494 g/mol. The van der Waals surface area contributed by atoms with Gasteiger partial charge in [-0.15, -0.1) is 11.3 Å². The van der Waals surface area contributed by atoms with Crippen LogP contribution < -0.4 is 20.7 Å². The van der Waals surface area contributed by atoms with E-state index >= 15 is 0 Å². The first kappa shape index (κ1) is 24.3. The largest absolute Gasteiger partial charge is 0.497 e. The molecule has 4 rings (SSSR count). The third kappa shape index (κ3) is 4.59. The molecule has 8 nitrogen and oxygen atoms in total. The molecule has 0 amide bonds. The number of fused-ring (bicyclic) bond motifs is 1. The highest BCUT2D eigenvalue weighted by Gasteiger charge is 2.23. The summed E-state index contributed by atoms with van der Waals surface area (Å²) in [5.41, 5.74) is 1.27. The Balaban J connectivity index is 2.00. The maximum Gasteiger partial charge on any atom is 0.332 e. The SMILES string of the molecule is CCOC(=O)Cn1c(=O)c2c(C)c(-c3cccc(OC)c3)sc2n(Cc2ccccc2OC)c1=O. The molecule has 35 heavy (non-hydrogen) atoms. The Kier molecular flexibility index (Phi) is 7.07. The number of aryl methyl sites for hydroxylation is 1. The minimum atomic E-state index is -0.643. The van der Waals surface area contributed by atoms with Gasteiger partial charge in [-0.1, -0.05) is 30.3 Å². The normalized spacial score (nSPS) is 11.0. The van der Waals surface area contributed by atoms with E-state index in [-0.39, 0.29) is 13.2 Å². The van der Waals surface area contributed by atoms with Crippen LogP contribution in [0.15, 0.2) is 58.1 Å². The molecule has 0 saturated heterocycles. The van der Waals surface area contributed by atoms with Crippen LogP contribution in [-0.2, 0) is 22.6 Å². The van der Waals surface area contributed by atoms with E-state index in [0.717, 1.165) is 26.1 Å². The lowest BCUT2D eigenvalue weighted by molar-refractivity contribution is -0.143. The van der Waals surface area contributed by atoms with E-state index in [0.29, 0.717) is 21.7 Å². The van der Waals surface area contributed by atoms with E-state index in [4.69, 9.17) is 14.2 Å². The predicted octanol–water partition coefficient (Wildman–Crippen LogP) is 3.83. The second-order valence-electron chi connectivity index (χ2n) is 7.85. The summed E-state index contributed by atoms with van der Waals surface area (Å²) in [5.74, 6) is 0.665. The van der Waals surface area contributed by atoms with Gasteiger partial charge in [-0.2, -0.15) is 0 Å². The molecular weight excluding hydrogens is 468 g/mol. The average molecular weight is 495 g/mol. The van der Waals surface area contributed by atoms with Gasteiger partial charge in [0.1, 0.15) is 22.9 Å². The standard InChI is InChI=1S/C26H26N2O6S/c1-5-34-21(29)15-27-24(30)22-16(2)23(17-10-8-11-19(13-17)32-3)35-25(22)28(26(27)31)14-18-9-6-7-12-20(18)33-4/h6-13H,5,14-15H2,1-4H3. The fourth-order valence-corrected chi connectivity index (χ4v) is 5.34. The molecule has 0 spiro atoms. The van der Waals surface area contributed by atoms with Gasteiger partial charge in [0.2, 0.25) is 0 Å². The molecule has 0 N–H and O–H groups in total. The molecule has 2 heterocycles. The zero-order valence-corrected chi connectivity index (χ0v) is 20.8. The molecule has 0 atom stereocenters. The van der Waals surface area contributed by atoms with Gasteiger partial charge in [-0.3, -0.25) is 14.2 Å². The van der Waals surface area contributed by atoms with Gasteiger partial charge >= 0.3 is 11.7 Å². The first-order valence-corrected chi connectivity index (χ1v) is 11.9. The van der Waals surface area contributed by atoms with Gasteiger partial charge in [0, 0.05) is 10.4 Å². The number of aromatic nitrogens is 2. The topological polar surface area (TPSA) is 88.8 Å². The van der Waals surface area contributed by atoms with Crippen LogP contribution in [0.4, 0.5) is 0 Å². The third-order valence-corrected chi connectivity index (χ3v) is 7.10. The Morgan fingerprint density at radius 3 is 2.49 bits per heavy atom. The number of carbonyl (C=O) groups excluding carboxylic acids is 1. The molecular formula is C26H26N2O6S. The Labute approximate surface area is 205 Å². The fourth-order valence-electron chi connectivity index (χ4n) is 4.05. The summed E-state index contributed by atoms with van der Waals surface area (Å²) in [6, 6.07) is 14.9. The molecule has 4 aromatic rings. The van der Waals surface area contributed by atoms with Gasteiger partial charge < -0.3 is 14.2 Å². The smallest absolute Gasteiger partial charge is 0.332 e. The number of hydrogen-bond acceptors (Lipinski definition) is 7. The number of ether oxygens (including phenoxy) is 3.